The predicted molar refractivity (Wildman–Crippen MR) is 121 cm³/mol. The number of nitrogens with zero attached hydrogens (tertiary/aromatic N) is 1. The zero-order valence-corrected chi connectivity index (χ0v) is 18.9. The van der Waals surface area contributed by atoms with Crippen molar-refractivity contribution in [1.82, 2.24) is 0 Å². The van der Waals surface area contributed by atoms with Gasteiger partial charge >= 0.3 is 5.97 Å². The van der Waals surface area contributed by atoms with Gasteiger partial charge in [-0.1, -0.05) is 52.3 Å². The van der Waals surface area contributed by atoms with Crippen LogP contribution in [0.4, 0.5) is 0 Å². The number of hydrogen-bond donors (Lipinski definition) is 1. The van der Waals surface area contributed by atoms with Gasteiger partial charge in [-0.05, 0) is 23.1 Å². The highest BCUT2D eigenvalue weighted by Crippen LogP contribution is 2.48. The maximum atomic E-state index is 11.5. The molecule has 0 radical (unpaired) electrons. The van der Waals surface area contributed by atoms with Gasteiger partial charge in [0, 0.05) is 15.4 Å². The van der Waals surface area contributed by atoms with E-state index in [1.165, 1.54) is 14.2 Å². The molecule has 7 nitrogen and oxygen atoms in total. The molecule has 0 bridgehead atoms. The van der Waals surface area contributed by atoms with E-state index in [2.05, 4.69) is 26.7 Å². The maximum absolute atomic E-state index is 11.5. The molecule has 0 fully saturated rings. The smallest absolute Gasteiger partial charge is 0.343 e. The Hall–Kier alpha value is -3.70. The highest BCUT2D eigenvalue weighted by atomic mass is 79.9. The first-order chi connectivity index (χ1) is 15.5. The van der Waals surface area contributed by atoms with Crippen LogP contribution < -0.4 is 19.9 Å². The molecule has 3 aromatic carbocycles. The first-order valence-electron chi connectivity index (χ1n) is 9.64. The molecule has 162 valence electrons. The minimum absolute atomic E-state index is 0.0539. The monoisotopic (exact) mass is 494 g/mol. The van der Waals surface area contributed by atoms with Crippen molar-refractivity contribution in [2.45, 2.75) is 5.92 Å². The number of carbonyl (C=O) groups excluding carboxylic acids is 1. The van der Waals surface area contributed by atoms with Gasteiger partial charge in [-0.25, -0.2) is 4.79 Å². The van der Waals surface area contributed by atoms with Crippen LogP contribution in [0, 0.1) is 11.3 Å². The SMILES string of the molecule is COC(=O)COc1cc(Br)c([C@H]2C(C#N)=C(N)Oc3c2ccc2ccccc32)cc1OC. The number of fused-ring (bicyclic) bond motifs is 3. The van der Waals surface area contributed by atoms with Crippen molar-refractivity contribution in [1.29, 1.82) is 5.26 Å². The van der Waals surface area contributed by atoms with E-state index in [0.29, 0.717) is 27.3 Å². The third-order valence-electron chi connectivity index (χ3n) is 5.27. The van der Waals surface area contributed by atoms with Gasteiger partial charge in [-0.15, -0.1) is 0 Å². The highest BCUT2D eigenvalue weighted by molar-refractivity contribution is 9.10. The molecule has 0 aliphatic carbocycles. The average Bonchev–Trinajstić information content (AvgIpc) is 2.81. The number of halogens is 1. The lowest BCUT2D eigenvalue weighted by atomic mass is 9.82. The molecule has 1 aliphatic heterocycles. The largest absolute Gasteiger partial charge is 0.493 e. The van der Waals surface area contributed by atoms with Gasteiger partial charge in [0.05, 0.1) is 20.1 Å². The summed E-state index contributed by atoms with van der Waals surface area (Å²) in [5.74, 6) is 0.414. The van der Waals surface area contributed by atoms with Crippen LogP contribution in [0.5, 0.6) is 17.2 Å². The number of ether oxygens (including phenoxy) is 4. The third kappa shape index (κ3) is 3.72. The lowest BCUT2D eigenvalue weighted by Gasteiger charge is -2.28. The van der Waals surface area contributed by atoms with Crippen LogP contribution >= 0.6 is 15.9 Å². The number of benzene rings is 3. The molecule has 0 aromatic heterocycles. The number of rotatable bonds is 5. The van der Waals surface area contributed by atoms with Gasteiger partial charge < -0.3 is 24.7 Å². The normalized spacial score (nSPS) is 14.9. The molecule has 0 unspecified atom stereocenters. The van der Waals surface area contributed by atoms with Crippen LogP contribution in [0.15, 0.2) is 64.5 Å². The number of methoxy groups -OCH3 is 2. The molecular formula is C24H19BrN2O5. The fraction of sp³-hybridized carbons (Fsp3) is 0.167. The Morgan fingerprint density at radius 2 is 1.94 bits per heavy atom. The summed E-state index contributed by atoms with van der Waals surface area (Å²) in [7, 11) is 2.78. The Labute approximate surface area is 193 Å². The first-order valence-corrected chi connectivity index (χ1v) is 10.4. The molecule has 0 amide bonds. The van der Waals surface area contributed by atoms with Crippen LogP contribution in [0.25, 0.3) is 10.8 Å². The molecule has 0 saturated carbocycles. The minimum Gasteiger partial charge on any atom is -0.493 e. The average molecular weight is 495 g/mol. The zero-order valence-electron chi connectivity index (χ0n) is 17.3. The minimum atomic E-state index is -0.514. The van der Waals surface area contributed by atoms with E-state index >= 15 is 0 Å². The van der Waals surface area contributed by atoms with Gasteiger partial charge in [0.15, 0.2) is 18.1 Å². The van der Waals surface area contributed by atoms with Gasteiger partial charge in [0.2, 0.25) is 5.88 Å². The van der Waals surface area contributed by atoms with E-state index in [-0.39, 0.29) is 12.5 Å². The number of esters is 1. The van der Waals surface area contributed by atoms with Crippen molar-refractivity contribution in [2.24, 2.45) is 5.73 Å². The number of nitrogens with two attached hydrogens (primary N) is 1. The molecule has 0 saturated heterocycles. The highest BCUT2D eigenvalue weighted by Gasteiger charge is 2.33. The molecule has 3 aromatic rings. The summed E-state index contributed by atoms with van der Waals surface area (Å²) in [6.45, 7) is -0.263. The van der Waals surface area contributed by atoms with Crippen LogP contribution in [0.2, 0.25) is 0 Å². The fourth-order valence-corrected chi connectivity index (χ4v) is 4.30. The van der Waals surface area contributed by atoms with Crippen molar-refractivity contribution in [3.63, 3.8) is 0 Å². The standard InChI is InChI=1S/C24H19BrN2O5/c1-29-19-9-16(18(25)10-20(19)31-12-21(28)30-2)22-15-8-7-13-5-3-4-6-14(13)23(15)32-24(27)17(22)11-26/h3-10,22H,12,27H2,1-2H3/t22-/m0/s1. The molecule has 2 N–H and O–H groups in total. The van der Waals surface area contributed by atoms with Crippen molar-refractivity contribution in [2.75, 3.05) is 20.8 Å². The second kappa shape index (κ2) is 8.81. The molecule has 0 spiro atoms. The predicted octanol–water partition coefficient (Wildman–Crippen LogP) is 4.38. The third-order valence-corrected chi connectivity index (χ3v) is 5.96. The molecule has 4 rings (SSSR count). The van der Waals surface area contributed by atoms with Crippen LogP contribution in [0.3, 0.4) is 0 Å². The van der Waals surface area contributed by atoms with Crippen molar-refractivity contribution >= 4 is 32.7 Å². The molecular weight excluding hydrogens is 476 g/mol. The van der Waals surface area contributed by atoms with E-state index in [0.717, 1.165) is 21.9 Å². The van der Waals surface area contributed by atoms with Crippen LogP contribution in [-0.2, 0) is 9.53 Å². The lowest BCUT2D eigenvalue weighted by Crippen LogP contribution is -2.21. The number of nitriles is 1. The summed E-state index contributed by atoms with van der Waals surface area (Å²) in [5.41, 5.74) is 8.02. The number of carbonyl (C=O) groups is 1. The van der Waals surface area contributed by atoms with Crippen LogP contribution in [0.1, 0.15) is 17.0 Å². The van der Waals surface area contributed by atoms with Crippen molar-refractivity contribution in [3.05, 3.63) is 75.6 Å². The summed E-state index contributed by atoms with van der Waals surface area (Å²) in [6.07, 6.45) is 0. The number of allylic oxidation sites excluding steroid dienone is 1. The van der Waals surface area contributed by atoms with Crippen LogP contribution in [-0.4, -0.2) is 26.8 Å². The van der Waals surface area contributed by atoms with E-state index < -0.39 is 11.9 Å². The van der Waals surface area contributed by atoms with Crippen molar-refractivity contribution in [3.8, 4) is 23.3 Å². The topological polar surface area (TPSA) is 104 Å². The van der Waals surface area contributed by atoms with Gasteiger partial charge in [-0.2, -0.15) is 5.26 Å². The summed E-state index contributed by atoms with van der Waals surface area (Å²) >= 11 is 3.58. The van der Waals surface area contributed by atoms with E-state index in [1.54, 1.807) is 12.1 Å². The van der Waals surface area contributed by atoms with E-state index in [4.69, 9.17) is 19.9 Å². The Bertz CT molecular complexity index is 1300. The summed E-state index contributed by atoms with van der Waals surface area (Å²) in [6, 6.07) is 17.4. The van der Waals surface area contributed by atoms with Crippen molar-refractivity contribution < 1.29 is 23.7 Å². The maximum Gasteiger partial charge on any atom is 0.343 e. The second-order valence-electron chi connectivity index (χ2n) is 7.02. The summed E-state index contributed by atoms with van der Waals surface area (Å²) in [5, 5.41) is 11.8. The molecule has 1 aliphatic rings. The van der Waals surface area contributed by atoms with Gasteiger partial charge in [0.1, 0.15) is 17.4 Å². The Kier molecular flexibility index (Phi) is 5.93. The summed E-state index contributed by atoms with van der Waals surface area (Å²) < 4.78 is 22.2. The van der Waals surface area contributed by atoms with Gasteiger partial charge in [-0.3, -0.25) is 0 Å². The fourth-order valence-electron chi connectivity index (χ4n) is 3.75. The van der Waals surface area contributed by atoms with E-state index in [1.807, 2.05) is 36.4 Å². The molecule has 8 heteroatoms. The molecule has 1 heterocycles. The Morgan fingerprint density at radius 1 is 1.16 bits per heavy atom. The van der Waals surface area contributed by atoms with E-state index in [9.17, 15) is 10.1 Å². The zero-order chi connectivity index (χ0) is 22.8. The number of hydrogen-bond acceptors (Lipinski definition) is 7. The first kappa shape index (κ1) is 21.5. The lowest BCUT2D eigenvalue weighted by molar-refractivity contribution is -0.142. The summed E-state index contributed by atoms with van der Waals surface area (Å²) in [4.78, 5) is 11.5. The molecule has 1 atom stereocenters. The molecule has 32 heavy (non-hydrogen) atoms. The second-order valence-corrected chi connectivity index (χ2v) is 7.87. The Morgan fingerprint density at radius 3 is 2.66 bits per heavy atom. The Balaban J connectivity index is 1.88. The van der Waals surface area contributed by atoms with Gasteiger partial charge in [0.25, 0.3) is 0 Å². The quantitative estimate of drug-likeness (QED) is 0.524.